The lowest BCUT2D eigenvalue weighted by molar-refractivity contribution is 0.666. The summed E-state index contributed by atoms with van der Waals surface area (Å²) >= 11 is 0. The van der Waals surface area contributed by atoms with Crippen molar-refractivity contribution in [2.24, 2.45) is 5.73 Å². The van der Waals surface area contributed by atoms with Gasteiger partial charge < -0.3 is 5.73 Å². The van der Waals surface area contributed by atoms with Crippen molar-refractivity contribution in [3.63, 3.8) is 0 Å². The second-order valence-corrected chi connectivity index (χ2v) is 3.18. The largest absolute Gasteiger partial charge is 0.330 e. The van der Waals surface area contributed by atoms with E-state index in [4.69, 9.17) is 5.73 Å². The predicted octanol–water partition coefficient (Wildman–Crippen LogP) is 1.84. The van der Waals surface area contributed by atoms with Crippen LogP contribution in [0.25, 0.3) is 0 Å². The Labute approximate surface area is 73.8 Å². The van der Waals surface area contributed by atoms with E-state index in [2.05, 4.69) is 24.9 Å². The van der Waals surface area contributed by atoms with Crippen LogP contribution in [0, 0.1) is 6.92 Å². The fourth-order valence-corrected chi connectivity index (χ4v) is 1.40. The molecule has 0 radical (unpaired) electrons. The molecular weight excluding hydrogens is 148 g/mol. The zero-order valence-corrected chi connectivity index (χ0v) is 7.75. The van der Waals surface area contributed by atoms with Crippen molar-refractivity contribution in [2.45, 2.75) is 26.2 Å². The van der Waals surface area contributed by atoms with Gasteiger partial charge in [-0.15, -0.1) is 0 Å². The molecule has 1 rings (SSSR count). The molecule has 0 spiro atoms. The number of rotatable bonds is 3. The average Bonchev–Trinajstić information content (AvgIpc) is 2.05. The van der Waals surface area contributed by atoms with E-state index in [1.807, 2.05) is 12.3 Å². The van der Waals surface area contributed by atoms with E-state index in [0.717, 1.165) is 13.0 Å². The first-order valence-corrected chi connectivity index (χ1v) is 4.37. The van der Waals surface area contributed by atoms with Crippen LogP contribution >= 0.6 is 0 Å². The standard InChI is InChI=1S/C10H16N2/c1-8-4-3-7-12-10(8)9(2)5-6-11/h3-4,7,9H,5-6,11H2,1-2H3. The highest BCUT2D eigenvalue weighted by Crippen LogP contribution is 2.18. The average molecular weight is 164 g/mol. The van der Waals surface area contributed by atoms with Gasteiger partial charge in [0, 0.05) is 11.9 Å². The summed E-state index contributed by atoms with van der Waals surface area (Å²) in [5.41, 5.74) is 7.93. The summed E-state index contributed by atoms with van der Waals surface area (Å²) in [6, 6.07) is 4.06. The molecule has 2 nitrogen and oxygen atoms in total. The molecule has 0 saturated carbocycles. The van der Waals surface area contributed by atoms with Gasteiger partial charge in [-0.25, -0.2) is 0 Å². The number of aryl methyl sites for hydroxylation is 1. The summed E-state index contributed by atoms with van der Waals surface area (Å²) in [6.45, 7) is 4.99. The van der Waals surface area contributed by atoms with Crippen LogP contribution < -0.4 is 5.73 Å². The Balaban J connectivity index is 2.79. The zero-order chi connectivity index (χ0) is 8.97. The predicted molar refractivity (Wildman–Crippen MR) is 51.1 cm³/mol. The van der Waals surface area contributed by atoms with E-state index in [9.17, 15) is 0 Å². The van der Waals surface area contributed by atoms with Gasteiger partial charge in [0.25, 0.3) is 0 Å². The summed E-state index contributed by atoms with van der Waals surface area (Å²) in [4.78, 5) is 4.34. The normalized spacial score (nSPS) is 12.9. The summed E-state index contributed by atoms with van der Waals surface area (Å²) < 4.78 is 0. The lowest BCUT2D eigenvalue weighted by Gasteiger charge is -2.11. The molecule has 66 valence electrons. The number of pyridine rings is 1. The van der Waals surface area contributed by atoms with Crippen molar-refractivity contribution in [2.75, 3.05) is 6.54 Å². The highest BCUT2D eigenvalue weighted by molar-refractivity contribution is 5.20. The van der Waals surface area contributed by atoms with Crippen molar-refractivity contribution in [3.8, 4) is 0 Å². The van der Waals surface area contributed by atoms with E-state index >= 15 is 0 Å². The Hall–Kier alpha value is -0.890. The Bertz CT molecular complexity index is 245. The second-order valence-electron chi connectivity index (χ2n) is 3.18. The van der Waals surface area contributed by atoms with Crippen LogP contribution in [0.4, 0.5) is 0 Å². The van der Waals surface area contributed by atoms with E-state index in [1.54, 1.807) is 0 Å². The highest BCUT2D eigenvalue weighted by atomic mass is 14.7. The van der Waals surface area contributed by atoms with Gasteiger partial charge in [-0.2, -0.15) is 0 Å². The van der Waals surface area contributed by atoms with Crippen LogP contribution in [0.5, 0.6) is 0 Å². The molecule has 0 aliphatic carbocycles. The number of hydrogen-bond donors (Lipinski definition) is 1. The molecule has 1 aromatic heterocycles. The molecule has 1 atom stereocenters. The van der Waals surface area contributed by atoms with Gasteiger partial charge in [0.2, 0.25) is 0 Å². The van der Waals surface area contributed by atoms with Gasteiger partial charge >= 0.3 is 0 Å². The molecule has 0 fully saturated rings. The summed E-state index contributed by atoms with van der Waals surface area (Å²) in [6.07, 6.45) is 2.85. The van der Waals surface area contributed by atoms with Crippen molar-refractivity contribution < 1.29 is 0 Å². The Kier molecular flexibility index (Phi) is 3.23. The topological polar surface area (TPSA) is 38.9 Å². The van der Waals surface area contributed by atoms with Gasteiger partial charge in [-0.1, -0.05) is 13.0 Å². The third-order valence-corrected chi connectivity index (χ3v) is 2.12. The molecule has 1 heterocycles. The maximum Gasteiger partial charge on any atom is 0.0461 e. The van der Waals surface area contributed by atoms with Crippen molar-refractivity contribution >= 4 is 0 Å². The van der Waals surface area contributed by atoms with Crippen LogP contribution in [0.2, 0.25) is 0 Å². The minimum atomic E-state index is 0.483. The summed E-state index contributed by atoms with van der Waals surface area (Å²) in [7, 11) is 0. The van der Waals surface area contributed by atoms with Crippen LogP contribution in [0.15, 0.2) is 18.3 Å². The number of nitrogens with two attached hydrogens (primary N) is 1. The van der Waals surface area contributed by atoms with Crippen molar-refractivity contribution in [1.29, 1.82) is 0 Å². The minimum absolute atomic E-state index is 0.483. The Morgan fingerprint density at radius 1 is 1.58 bits per heavy atom. The molecule has 2 heteroatoms. The lowest BCUT2D eigenvalue weighted by Crippen LogP contribution is -2.07. The number of nitrogens with zero attached hydrogens (tertiary/aromatic N) is 1. The smallest absolute Gasteiger partial charge is 0.0461 e. The fraction of sp³-hybridized carbons (Fsp3) is 0.500. The lowest BCUT2D eigenvalue weighted by atomic mass is 10.00. The van der Waals surface area contributed by atoms with Gasteiger partial charge in [-0.05, 0) is 37.4 Å². The molecule has 12 heavy (non-hydrogen) atoms. The number of aromatic nitrogens is 1. The first-order valence-electron chi connectivity index (χ1n) is 4.37. The third kappa shape index (κ3) is 2.05. The quantitative estimate of drug-likeness (QED) is 0.740. The van der Waals surface area contributed by atoms with E-state index in [-0.39, 0.29) is 0 Å². The Morgan fingerprint density at radius 2 is 2.33 bits per heavy atom. The van der Waals surface area contributed by atoms with Gasteiger partial charge in [-0.3, -0.25) is 4.98 Å². The number of hydrogen-bond acceptors (Lipinski definition) is 2. The Morgan fingerprint density at radius 3 is 2.92 bits per heavy atom. The molecule has 0 amide bonds. The molecule has 0 aliphatic rings. The fourth-order valence-electron chi connectivity index (χ4n) is 1.40. The van der Waals surface area contributed by atoms with E-state index in [0.29, 0.717) is 5.92 Å². The van der Waals surface area contributed by atoms with Crippen LogP contribution in [0.1, 0.15) is 30.5 Å². The SMILES string of the molecule is Cc1cccnc1C(C)CCN. The van der Waals surface area contributed by atoms with Crippen LogP contribution in [-0.2, 0) is 0 Å². The molecule has 2 N–H and O–H groups in total. The van der Waals surface area contributed by atoms with E-state index in [1.165, 1.54) is 11.3 Å². The summed E-state index contributed by atoms with van der Waals surface area (Å²) in [5, 5.41) is 0. The van der Waals surface area contributed by atoms with Crippen molar-refractivity contribution in [1.82, 2.24) is 4.98 Å². The molecule has 0 bridgehead atoms. The third-order valence-electron chi connectivity index (χ3n) is 2.12. The molecule has 0 aliphatic heterocycles. The molecular formula is C10H16N2. The minimum Gasteiger partial charge on any atom is -0.330 e. The first-order chi connectivity index (χ1) is 5.75. The highest BCUT2D eigenvalue weighted by Gasteiger charge is 2.07. The first kappa shape index (κ1) is 9.20. The second kappa shape index (κ2) is 4.21. The van der Waals surface area contributed by atoms with Crippen LogP contribution in [0.3, 0.4) is 0 Å². The monoisotopic (exact) mass is 164 g/mol. The van der Waals surface area contributed by atoms with E-state index < -0.39 is 0 Å². The van der Waals surface area contributed by atoms with Gasteiger partial charge in [0.15, 0.2) is 0 Å². The molecule has 0 aromatic carbocycles. The maximum absolute atomic E-state index is 5.49. The van der Waals surface area contributed by atoms with Gasteiger partial charge in [0.1, 0.15) is 0 Å². The maximum atomic E-state index is 5.49. The molecule has 1 aromatic rings. The molecule has 0 saturated heterocycles. The van der Waals surface area contributed by atoms with Crippen LogP contribution in [-0.4, -0.2) is 11.5 Å². The molecule has 1 unspecified atom stereocenters. The van der Waals surface area contributed by atoms with Crippen molar-refractivity contribution in [3.05, 3.63) is 29.6 Å². The zero-order valence-electron chi connectivity index (χ0n) is 7.75. The summed E-state index contributed by atoms with van der Waals surface area (Å²) in [5.74, 6) is 0.483. The van der Waals surface area contributed by atoms with Gasteiger partial charge in [0.05, 0.1) is 0 Å².